The van der Waals surface area contributed by atoms with Gasteiger partial charge in [-0.15, -0.1) is 10.2 Å². The summed E-state index contributed by atoms with van der Waals surface area (Å²) in [6.45, 7) is 2.87. The Balaban J connectivity index is 1.54. The number of piperidine rings is 1. The van der Waals surface area contributed by atoms with Gasteiger partial charge in [0.2, 0.25) is 0 Å². The van der Waals surface area contributed by atoms with Crippen molar-refractivity contribution >= 4 is 5.91 Å². The molecule has 138 valence electrons. The van der Waals surface area contributed by atoms with Crippen LogP contribution in [0.4, 0.5) is 0 Å². The summed E-state index contributed by atoms with van der Waals surface area (Å²) in [5, 5.41) is 17.9. The van der Waals surface area contributed by atoms with Crippen LogP contribution in [0.2, 0.25) is 0 Å². The van der Waals surface area contributed by atoms with Crippen molar-refractivity contribution in [1.82, 2.24) is 19.7 Å². The van der Waals surface area contributed by atoms with Crippen molar-refractivity contribution in [1.29, 1.82) is 0 Å². The summed E-state index contributed by atoms with van der Waals surface area (Å²) in [6.07, 6.45) is 4.88. The van der Waals surface area contributed by atoms with Crippen molar-refractivity contribution in [2.75, 3.05) is 13.1 Å². The molecular formula is C21H22N4O2. The van der Waals surface area contributed by atoms with E-state index in [0.29, 0.717) is 18.7 Å². The van der Waals surface area contributed by atoms with E-state index in [1.807, 2.05) is 47.0 Å². The Kier molecular flexibility index (Phi) is 4.49. The third-order valence-electron chi connectivity index (χ3n) is 4.99. The summed E-state index contributed by atoms with van der Waals surface area (Å²) in [5.74, 6) is -0.0280. The molecule has 1 atom stereocenters. The normalized spacial score (nSPS) is 19.9. The Morgan fingerprint density at radius 1 is 1.07 bits per heavy atom. The molecule has 1 aromatic heterocycles. The SMILES string of the molecule is C[C@@]1(O)CCCN(C(=O)c2ccc(-c3cccc(-n4cnnc4)c3)cc2)C1. The first-order valence-corrected chi connectivity index (χ1v) is 9.09. The largest absolute Gasteiger partial charge is 0.388 e. The smallest absolute Gasteiger partial charge is 0.253 e. The van der Waals surface area contributed by atoms with Crippen LogP contribution in [0.1, 0.15) is 30.1 Å². The first kappa shape index (κ1) is 17.4. The maximum atomic E-state index is 12.7. The zero-order chi connectivity index (χ0) is 18.9. The van der Waals surface area contributed by atoms with E-state index in [9.17, 15) is 9.90 Å². The molecule has 27 heavy (non-hydrogen) atoms. The number of likely N-dealkylation sites (tertiary alicyclic amines) is 1. The molecule has 1 aliphatic heterocycles. The summed E-state index contributed by atoms with van der Waals surface area (Å²) in [6, 6.07) is 15.7. The van der Waals surface area contributed by atoms with E-state index in [1.54, 1.807) is 24.5 Å². The van der Waals surface area contributed by atoms with Gasteiger partial charge < -0.3 is 10.0 Å². The van der Waals surface area contributed by atoms with E-state index in [4.69, 9.17) is 0 Å². The van der Waals surface area contributed by atoms with E-state index in [-0.39, 0.29) is 5.91 Å². The van der Waals surface area contributed by atoms with Crippen molar-refractivity contribution in [2.24, 2.45) is 0 Å². The second-order valence-corrected chi connectivity index (χ2v) is 7.32. The fraction of sp³-hybridized carbons (Fsp3) is 0.286. The van der Waals surface area contributed by atoms with E-state index in [1.165, 1.54) is 0 Å². The molecule has 2 aromatic carbocycles. The fourth-order valence-corrected chi connectivity index (χ4v) is 3.56. The lowest BCUT2D eigenvalue weighted by molar-refractivity contribution is -0.0107. The Hall–Kier alpha value is -2.99. The van der Waals surface area contributed by atoms with Crippen LogP contribution in [0.25, 0.3) is 16.8 Å². The van der Waals surface area contributed by atoms with Gasteiger partial charge in [0.1, 0.15) is 12.7 Å². The van der Waals surface area contributed by atoms with Crippen LogP contribution in [0.15, 0.2) is 61.2 Å². The number of hydrogen-bond acceptors (Lipinski definition) is 4. The van der Waals surface area contributed by atoms with Crippen molar-refractivity contribution in [3.63, 3.8) is 0 Å². The third-order valence-corrected chi connectivity index (χ3v) is 4.99. The molecule has 1 aliphatic rings. The van der Waals surface area contributed by atoms with Crippen molar-refractivity contribution in [2.45, 2.75) is 25.4 Å². The zero-order valence-corrected chi connectivity index (χ0v) is 15.2. The van der Waals surface area contributed by atoms with Gasteiger partial charge in [0.25, 0.3) is 5.91 Å². The number of aromatic nitrogens is 3. The number of rotatable bonds is 3. The number of benzene rings is 2. The van der Waals surface area contributed by atoms with Gasteiger partial charge >= 0.3 is 0 Å². The summed E-state index contributed by atoms with van der Waals surface area (Å²) >= 11 is 0. The number of nitrogens with zero attached hydrogens (tertiary/aromatic N) is 4. The molecule has 1 fully saturated rings. The van der Waals surface area contributed by atoms with Gasteiger partial charge in [-0.25, -0.2) is 0 Å². The Morgan fingerprint density at radius 2 is 1.81 bits per heavy atom. The highest BCUT2D eigenvalue weighted by atomic mass is 16.3. The molecule has 0 radical (unpaired) electrons. The van der Waals surface area contributed by atoms with Crippen LogP contribution < -0.4 is 0 Å². The number of carbonyl (C=O) groups excluding carboxylic acids is 1. The van der Waals surface area contributed by atoms with Crippen LogP contribution in [0.5, 0.6) is 0 Å². The minimum atomic E-state index is -0.795. The van der Waals surface area contributed by atoms with Gasteiger partial charge in [-0.05, 0) is 55.2 Å². The Labute approximate surface area is 158 Å². The molecule has 0 saturated carbocycles. The molecule has 1 N–H and O–H groups in total. The average molecular weight is 362 g/mol. The molecular weight excluding hydrogens is 340 g/mol. The Bertz CT molecular complexity index is 933. The van der Waals surface area contributed by atoms with Gasteiger partial charge in [-0.1, -0.05) is 24.3 Å². The lowest BCUT2D eigenvalue weighted by atomic mass is 9.94. The van der Waals surface area contributed by atoms with Crippen LogP contribution in [0, 0.1) is 0 Å². The number of β-amino-alcohol motifs (C(OH)–C–C–N with tert-alkyl or cyclic N) is 1. The van der Waals surface area contributed by atoms with E-state index in [0.717, 1.165) is 29.7 Å². The summed E-state index contributed by atoms with van der Waals surface area (Å²) in [7, 11) is 0. The summed E-state index contributed by atoms with van der Waals surface area (Å²) in [5.41, 5.74) is 2.92. The molecule has 1 amide bonds. The highest BCUT2D eigenvalue weighted by Gasteiger charge is 2.31. The predicted molar refractivity (Wildman–Crippen MR) is 103 cm³/mol. The third kappa shape index (κ3) is 3.75. The van der Waals surface area contributed by atoms with Crippen molar-refractivity contribution in [3.05, 3.63) is 66.7 Å². The maximum absolute atomic E-state index is 12.7. The van der Waals surface area contributed by atoms with Gasteiger partial charge in [0, 0.05) is 24.3 Å². The van der Waals surface area contributed by atoms with E-state index >= 15 is 0 Å². The van der Waals surface area contributed by atoms with E-state index in [2.05, 4.69) is 16.3 Å². The quantitative estimate of drug-likeness (QED) is 0.778. The highest BCUT2D eigenvalue weighted by Crippen LogP contribution is 2.25. The molecule has 1 saturated heterocycles. The molecule has 0 bridgehead atoms. The molecule has 4 rings (SSSR count). The van der Waals surface area contributed by atoms with Gasteiger partial charge in [0.15, 0.2) is 0 Å². The van der Waals surface area contributed by atoms with Crippen LogP contribution in [0.3, 0.4) is 0 Å². The van der Waals surface area contributed by atoms with Gasteiger partial charge in [-0.2, -0.15) is 0 Å². The maximum Gasteiger partial charge on any atom is 0.253 e. The fourth-order valence-electron chi connectivity index (χ4n) is 3.56. The monoisotopic (exact) mass is 362 g/mol. The molecule has 6 heteroatoms. The highest BCUT2D eigenvalue weighted by molar-refractivity contribution is 5.94. The van der Waals surface area contributed by atoms with Crippen LogP contribution >= 0.6 is 0 Å². The number of hydrogen-bond donors (Lipinski definition) is 1. The number of aliphatic hydroxyl groups is 1. The first-order valence-electron chi connectivity index (χ1n) is 9.09. The average Bonchev–Trinajstić information content (AvgIpc) is 3.22. The lowest BCUT2D eigenvalue weighted by Gasteiger charge is -2.36. The molecule has 6 nitrogen and oxygen atoms in total. The molecule has 3 aromatic rings. The lowest BCUT2D eigenvalue weighted by Crippen LogP contribution is -2.48. The second-order valence-electron chi connectivity index (χ2n) is 7.32. The summed E-state index contributed by atoms with van der Waals surface area (Å²) in [4.78, 5) is 14.5. The van der Waals surface area contributed by atoms with Crippen LogP contribution in [-0.4, -0.2) is 49.4 Å². The van der Waals surface area contributed by atoms with Gasteiger partial charge in [-0.3, -0.25) is 9.36 Å². The molecule has 0 unspecified atom stereocenters. The Morgan fingerprint density at radius 3 is 2.52 bits per heavy atom. The topological polar surface area (TPSA) is 71.2 Å². The summed E-state index contributed by atoms with van der Waals surface area (Å²) < 4.78 is 1.85. The van der Waals surface area contributed by atoms with Crippen molar-refractivity contribution in [3.8, 4) is 16.8 Å². The second kappa shape index (κ2) is 6.96. The van der Waals surface area contributed by atoms with Gasteiger partial charge in [0.05, 0.1) is 5.60 Å². The predicted octanol–water partition coefficient (Wildman–Crippen LogP) is 2.92. The standard InChI is InChI=1S/C21H22N4O2/c1-21(27)10-3-11-24(13-21)20(26)17-8-6-16(7-9-17)18-4-2-5-19(12-18)25-14-22-23-15-25/h2,4-9,12,14-15,27H,3,10-11,13H2,1H3/t21-/m1/s1. The zero-order valence-electron chi connectivity index (χ0n) is 15.2. The van der Waals surface area contributed by atoms with Crippen LogP contribution in [-0.2, 0) is 0 Å². The molecule has 0 aliphatic carbocycles. The van der Waals surface area contributed by atoms with Crippen molar-refractivity contribution < 1.29 is 9.90 Å². The molecule has 2 heterocycles. The number of amides is 1. The first-order chi connectivity index (χ1) is 13.0. The molecule has 0 spiro atoms. The van der Waals surface area contributed by atoms with E-state index < -0.39 is 5.60 Å². The minimum absolute atomic E-state index is 0.0280. The minimum Gasteiger partial charge on any atom is -0.388 e. The number of carbonyl (C=O) groups is 1.